The molecule has 4 nitrogen and oxygen atoms in total. The maximum atomic E-state index is 4.79. The minimum Gasteiger partial charge on any atom is -0.256 e. The number of fused-ring (bicyclic) bond motifs is 3. The van der Waals surface area contributed by atoms with Crippen molar-refractivity contribution in [2.75, 3.05) is 0 Å². The van der Waals surface area contributed by atoms with Gasteiger partial charge in [-0.05, 0) is 46.2 Å². The molecule has 0 atom stereocenters. The van der Waals surface area contributed by atoms with Crippen LogP contribution in [0.2, 0.25) is 0 Å². The van der Waals surface area contributed by atoms with E-state index in [4.69, 9.17) is 20.0 Å². The fourth-order valence-electron chi connectivity index (χ4n) is 4.42. The SMILES string of the molecule is c1ccc2c(c1)=NC(Cc1ccc(CC3N=c4ccccc4=N3)c3ccccc13)N=2. The Balaban J connectivity index is 1.34. The van der Waals surface area contributed by atoms with Crippen molar-refractivity contribution < 1.29 is 0 Å². The van der Waals surface area contributed by atoms with Crippen LogP contribution in [0.25, 0.3) is 10.8 Å². The molecule has 0 amide bonds. The smallest absolute Gasteiger partial charge is 0.145 e. The molecule has 0 saturated heterocycles. The first-order valence-electron chi connectivity index (χ1n) is 10.3. The first kappa shape index (κ1) is 17.2. The molecule has 6 rings (SSSR count). The maximum absolute atomic E-state index is 4.79. The predicted octanol–water partition coefficient (Wildman–Crippen LogP) is 2.48. The number of hydrogen-bond acceptors (Lipinski definition) is 4. The van der Waals surface area contributed by atoms with Crippen molar-refractivity contribution >= 4 is 10.8 Å². The van der Waals surface area contributed by atoms with Gasteiger partial charge in [-0.2, -0.15) is 0 Å². The van der Waals surface area contributed by atoms with E-state index < -0.39 is 0 Å². The summed E-state index contributed by atoms with van der Waals surface area (Å²) in [6, 6.07) is 29.3. The Morgan fingerprint density at radius 3 is 1.13 bits per heavy atom. The summed E-state index contributed by atoms with van der Waals surface area (Å²) in [5.74, 6) is 0. The van der Waals surface area contributed by atoms with Gasteiger partial charge in [0.1, 0.15) is 12.3 Å². The van der Waals surface area contributed by atoms with Gasteiger partial charge in [0.25, 0.3) is 0 Å². The first-order valence-corrected chi connectivity index (χ1v) is 10.3. The van der Waals surface area contributed by atoms with Crippen molar-refractivity contribution in [1.29, 1.82) is 0 Å². The van der Waals surface area contributed by atoms with E-state index >= 15 is 0 Å². The summed E-state index contributed by atoms with van der Waals surface area (Å²) in [6.45, 7) is 0. The Morgan fingerprint density at radius 1 is 0.433 bits per heavy atom. The summed E-state index contributed by atoms with van der Waals surface area (Å²) in [7, 11) is 0. The average molecular weight is 388 g/mol. The van der Waals surface area contributed by atoms with Crippen LogP contribution in [0.4, 0.5) is 0 Å². The Hall–Kier alpha value is -3.66. The van der Waals surface area contributed by atoms with Crippen LogP contribution < -0.4 is 21.4 Å². The van der Waals surface area contributed by atoms with Crippen LogP contribution in [-0.4, -0.2) is 12.3 Å². The second-order valence-corrected chi connectivity index (χ2v) is 7.79. The van der Waals surface area contributed by atoms with Crippen LogP contribution in [0.3, 0.4) is 0 Å². The van der Waals surface area contributed by atoms with Gasteiger partial charge in [-0.15, -0.1) is 0 Å². The standard InChI is InChI=1S/C26H20N4/c1-2-8-20-18(16-26-29-23-11-5-6-12-24(23)30-26)14-13-17(19(20)7-1)15-25-27-21-9-3-4-10-22(21)28-25/h1-14,25-26H,15-16H2. The molecule has 0 bridgehead atoms. The minimum atomic E-state index is -0.0500. The van der Waals surface area contributed by atoms with Gasteiger partial charge in [0, 0.05) is 12.8 Å². The van der Waals surface area contributed by atoms with Crippen LogP contribution in [0.5, 0.6) is 0 Å². The van der Waals surface area contributed by atoms with Crippen molar-refractivity contribution in [2.45, 2.75) is 25.2 Å². The molecule has 2 aliphatic rings. The fourth-order valence-corrected chi connectivity index (χ4v) is 4.42. The number of rotatable bonds is 4. The third-order valence-corrected chi connectivity index (χ3v) is 5.83. The molecule has 2 aliphatic heterocycles. The minimum absolute atomic E-state index is 0.0500. The summed E-state index contributed by atoms with van der Waals surface area (Å²) in [5.41, 5.74) is 2.56. The molecule has 2 heterocycles. The summed E-state index contributed by atoms with van der Waals surface area (Å²) in [5, 5.41) is 6.51. The lowest BCUT2D eigenvalue weighted by molar-refractivity contribution is 0.700. The first-order chi connectivity index (χ1) is 14.8. The van der Waals surface area contributed by atoms with Crippen LogP contribution in [0.15, 0.2) is 105 Å². The van der Waals surface area contributed by atoms with Gasteiger partial charge in [0.15, 0.2) is 0 Å². The van der Waals surface area contributed by atoms with E-state index in [1.807, 2.05) is 48.5 Å². The third kappa shape index (κ3) is 3.01. The number of para-hydroxylation sites is 4. The molecule has 0 unspecified atom stereocenters. The highest BCUT2D eigenvalue weighted by Gasteiger charge is 2.16. The topological polar surface area (TPSA) is 49.4 Å². The van der Waals surface area contributed by atoms with Crippen molar-refractivity contribution in [3.8, 4) is 0 Å². The zero-order valence-corrected chi connectivity index (χ0v) is 16.4. The number of nitrogens with zero attached hydrogens (tertiary/aromatic N) is 4. The van der Waals surface area contributed by atoms with E-state index in [1.165, 1.54) is 21.9 Å². The van der Waals surface area contributed by atoms with Gasteiger partial charge in [-0.3, -0.25) is 20.0 Å². The molecular weight excluding hydrogens is 368 g/mol. The monoisotopic (exact) mass is 388 g/mol. The van der Waals surface area contributed by atoms with Gasteiger partial charge in [-0.1, -0.05) is 60.7 Å². The molecule has 30 heavy (non-hydrogen) atoms. The highest BCUT2D eigenvalue weighted by Crippen LogP contribution is 2.26. The number of benzene rings is 4. The van der Waals surface area contributed by atoms with Gasteiger partial charge in [0.05, 0.1) is 21.4 Å². The number of hydrogen-bond donors (Lipinski definition) is 0. The summed E-state index contributed by atoms with van der Waals surface area (Å²) in [4.78, 5) is 19.1. The highest BCUT2D eigenvalue weighted by molar-refractivity contribution is 5.88. The molecule has 0 fully saturated rings. The normalized spacial score (nSPS) is 15.1. The summed E-state index contributed by atoms with van der Waals surface area (Å²) in [6.07, 6.45) is 1.51. The molecule has 0 aliphatic carbocycles. The van der Waals surface area contributed by atoms with E-state index in [2.05, 4.69) is 36.4 Å². The second-order valence-electron chi connectivity index (χ2n) is 7.79. The third-order valence-electron chi connectivity index (χ3n) is 5.83. The van der Waals surface area contributed by atoms with E-state index in [0.717, 1.165) is 34.3 Å². The van der Waals surface area contributed by atoms with E-state index in [-0.39, 0.29) is 12.3 Å². The Bertz CT molecular complexity index is 1330. The average Bonchev–Trinajstić information content (AvgIpc) is 3.38. The van der Waals surface area contributed by atoms with Crippen molar-refractivity contribution in [2.24, 2.45) is 20.0 Å². The maximum Gasteiger partial charge on any atom is 0.145 e. The lowest BCUT2D eigenvalue weighted by Crippen LogP contribution is -2.19. The molecule has 0 spiro atoms. The lowest BCUT2D eigenvalue weighted by Gasteiger charge is -2.13. The van der Waals surface area contributed by atoms with Crippen LogP contribution in [0, 0.1) is 0 Å². The van der Waals surface area contributed by atoms with Crippen LogP contribution in [-0.2, 0) is 12.8 Å². The van der Waals surface area contributed by atoms with E-state index in [0.29, 0.717) is 0 Å². The van der Waals surface area contributed by atoms with Crippen molar-refractivity contribution in [1.82, 2.24) is 0 Å². The molecule has 0 radical (unpaired) electrons. The Labute approximate surface area is 173 Å². The fraction of sp³-hybridized carbons (Fsp3) is 0.154. The molecule has 144 valence electrons. The van der Waals surface area contributed by atoms with Crippen molar-refractivity contribution in [3.05, 3.63) is 117 Å². The zero-order valence-electron chi connectivity index (χ0n) is 16.4. The molecule has 4 heteroatoms. The Kier molecular flexibility index (Phi) is 4.01. The van der Waals surface area contributed by atoms with Gasteiger partial charge < -0.3 is 0 Å². The lowest BCUT2D eigenvalue weighted by atomic mass is 9.95. The molecular formula is C26H20N4. The van der Waals surface area contributed by atoms with Crippen LogP contribution >= 0.6 is 0 Å². The molecule has 0 aromatic heterocycles. The predicted molar refractivity (Wildman–Crippen MR) is 116 cm³/mol. The van der Waals surface area contributed by atoms with E-state index in [1.54, 1.807) is 0 Å². The van der Waals surface area contributed by atoms with Gasteiger partial charge in [-0.25, -0.2) is 0 Å². The summed E-state index contributed by atoms with van der Waals surface area (Å²) < 4.78 is 0. The van der Waals surface area contributed by atoms with Gasteiger partial charge >= 0.3 is 0 Å². The highest BCUT2D eigenvalue weighted by atomic mass is 15.0. The van der Waals surface area contributed by atoms with Crippen molar-refractivity contribution in [3.63, 3.8) is 0 Å². The molecule has 0 saturated carbocycles. The molecule has 4 aromatic rings. The molecule has 4 aromatic carbocycles. The van der Waals surface area contributed by atoms with E-state index in [9.17, 15) is 0 Å². The quantitative estimate of drug-likeness (QED) is 0.516. The van der Waals surface area contributed by atoms with Gasteiger partial charge in [0.2, 0.25) is 0 Å². The Morgan fingerprint density at radius 2 is 0.767 bits per heavy atom. The zero-order chi connectivity index (χ0) is 19.9. The second kappa shape index (κ2) is 6.99. The largest absolute Gasteiger partial charge is 0.256 e. The van der Waals surface area contributed by atoms with Crippen LogP contribution in [0.1, 0.15) is 11.1 Å². The summed E-state index contributed by atoms with van der Waals surface area (Å²) >= 11 is 0. The molecule has 0 N–H and O–H groups in total.